The van der Waals surface area contributed by atoms with Crippen LogP contribution in [-0.4, -0.2) is 21.4 Å². The molecule has 2 unspecified atom stereocenters. The molecule has 6 heteroatoms. The lowest BCUT2D eigenvalue weighted by molar-refractivity contribution is 0.00863. The van der Waals surface area contributed by atoms with Crippen LogP contribution in [0.15, 0.2) is 55.0 Å². The van der Waals surface area contributed by atoms with Gasteiger partial charge in [-0.3, -0.25) is 0 Å². The predicted octanol–water partition coefficient (Wildman–Crippen LogP) is 4.31. The smallest absolute Gasteiger partial charge is 0.161 e. The normalized spacial score (nSPS) is 19.0. The minimum Gasteiger partial charge on any atom is -0.508 e. The van der Waals surface area contributed by atoms with Crippen LogP contribution in [0.25, 0.3) is 0 Å². The summed E-state index contributed by atoms with van der Waals surface area (Å²) < 4.78 is 17.5. The topological polar surface area (TPSA) is 88.4 Å². The van der Waals surface area contributed by atoms with E-state index >= 15 is 0 Å². The van der Waals surface area contributed by atoms with Gasteiger partial charge in [0.05, 0.1) is 12.5 Å². The summed E-state index contributed by atoms with van der Waals surface area (Å²) in [5.41, 5.74) is 1.42. The molecule has 2 aromatic carbocycles. The van der Waals surface area contributed by atoms with Crippen LogP contribution in [0.4, 0.5) is 0 Å². The van der Waals surface area contributed by atoms with E-state index in [1.54, 1.807) is 24.5 Å². The Morgan fingerprint density at radius 3 is 2.48 bits per heavy atom. The molecule has 0 bridgehead atoms. The fourth-order valence-corrected chi connectivity index (χ4v) is 2.98. The SMILES string of the molecule is CC=COc1cc(O)cc2c1CC(OC=CC)C(c1ccc(O)c(O)c1)O2. The molecule has 0 saturated heterocycles. The molecule has 0 fully saturated rings. The van der Waals surface area contributed by atoms with Gasteiger partial charge in [0.25, 0.3) is 0 Å². The van der Waals surface area contributed by atoms with Crippen molar-refractivity contribution in [2.75, 3.05) is 0 Å². The van der Waals surface area contributed by atoms with E-state index in [0.717, 1.165) is 5.56 Å². The van der Waals surface area contributed by atoms with Crippen LogP contribution in [0.3, 0.4) is 0 Å². The summed E-state index contributed by atoms with van der Waals surface area (Å²) in [6.45, 7) is 3.68. The molecule has 1 aliphatic rings. The van der Waals surface area contributed by atoms with Crippen LogP contribution in [0, 0.1) is 0 Å². The first-order valence-electron chi connectivity index (χ1n) is 8.62. The van der Waals surface area contributed by atoms with Crippen LogP contribution >= 0.6 is 0 Å². The van der Waals surface area contributed by atoms with E-state index in [4.69, 9.17) is 14.2 Å². The summed E-state index contributed by atoms with van der Waals surface area (Å²) in [4.78, 5) is 0. The van der Waals surface area contributed by atoms with Gasteiger partial charge in [-0.1, -0.05) is 18.2 Å². The van der Waals surface area contributed by atoms with E-state index in [2.05, 4.69) is 0 Å². The summed E-state index contributed by atoms with van der Waals surface area (Å²) in [6.07, 6.45) is 6.16. The van der Waals surface area contributed by atoms with Crippen molar-refractivity contribution < 1.29 is 29.5 Å². The third-order valence-corrected chi connectivity index (χ3v) is 4.20. The van der Waals surface area contributed by atoms with Gasteiger partial charge in [-0.15, -0.1) is 0 Å². The molecule has 0 radical (unpaired) electrons. The van der Waals surface area contributed by atoms with Gasteiger partial charge in [0.1, 0.15) is 23.4 Å². The van der Waals surface area contributed by atoms with E-state index in [1.807, 2.05) is 13.8 Å². The molecule has 0 aliphatic carbocycles. The average molecular weight is 370 g/mol. The van der Waals surface area contributed by atoms with E-state index in [1.165, 1.54) is 30.5 Å². The van der Waals surface area contributed by atoms with Gasteiger partial charge < -0.3 is 29.5 Å². The summed E-state index contributed by atoms with van der Waals surface area (Å²) in [6, 6.07) is 7.56. The Bertz CT molecular complexity index is 871. The van der Waals surface area contributed by atoms with E-state index in [0.29, 0.717) is 23.5 Å². The number of hydrogen-bond acceptors (Lipinski definition) is 6. The zero-order chi connectivity index (χ0) is 19.4. The molecule has 0 spiro atoms. The predicted molar refractivity (Wildman–Crippen MR) is 100 cm³/mol. The Balaban J connectivity index is 2.03. The third kappa shape index (κ3) is 3.95. The highest BCUT2D eigenvalue weighted by Gasteiger charge is 2.35. The second-order valence-electron chi connectivity index (χ2n) is 6.14. The minimum absolute atomic E-state index is 0.0216. The summed E-state index contributed by atoms with van der Waals surface area (Å²) in [5, 5.41) is 29.4. The monoisotopic (exact) mass is 370 g/mol. The molecule has 6 nitrogen and oxygen atoms in total. The minimum atomic E-state index is -0.545. The lowest BCUT2D eigenvalue weighted by atomic mass is 9.93. The number of hydrogen-bond donors (Lipinski definition) is 3. The molecule has 142 valence electrons. The largest absolute Gasteiger partial charge is 0.508 e. The first kappa shape index (κ1) is 18.5. The molecule has 0 amide bonds. The number of aromatic hydroxyl groups is 3. The van der Waals surface area contributed by atoms with Crippen LogP contribution in [0.2, 0.25) is 0 Å². The van der Waals surface area contributed by atoms with Crippen molar-refractivity contribution in [3.8, 4) is 28.7 Å². The number of rotatable bonds is 5. The molecule has 2 aromatic rings. The second-order valence-corrected chi connectivity index (χ2v) is 6.14. The van der Waals surface area contributed by atoms with Crippen molar-refractivity contribution in [1.29, 1.82) is 0 Å². The molecular formula is C21H22O6. The van der Waals surface area contributed by atoms with E-state index in [-0.39, 0.29) is 17.2 Å². The summed E-state index contributed by atoms with van der Waals surface area (Å²) in [5.74, 6) is 0.546. The van der Waals surface area contributed by atoms with Crippen LogP contribution in [0.1, 0.15) is 31.1 Å². The Hall–Kier alpha value is -3.28. The maximum absolute atomic E-state index is 10.0. The van der Waals surface area contributed by atoms with Crippen LogP contribution < -0.4 is 9.47 Å². The lowest BCUT2D eigenvalue weighted by Crippen LogP contribution is -2.32. The van der Waals surface area contributed by atoms with Gasteiger partial charge in [-0.25, -0.2) is 0 Å². The third-order valence-electron chi connectivity index (χ3n) is 4.20. The fourth-order valence-electron chi connectivity index (χ4n) is 2.98. The van der Waals surface area contributed by atoms with Gasteiger partial charge in [0.15, 0.2) is 17.6 Å². The molecular weight excluding hydrogens is 348 g/mol. The molecule has 0 aromatic heterocycles. The second kappa shape index (κ2) is 7.95. The highest BCUT2D eigenvalue weighted by molar-refractivity contribution is 5.53. The standard InChI is InChI=1S/C21H22O6/c1-3-7-25-18-10-14(22)11-19-15(18)12-20(26-8-4-2)21(27-19)13-5-6-16(23)17(24)9-13/h3-11,20-24H,12H2,1-2H3. The zero-order valence-electron chi connectivity index (χ0n) is 15.1. The van der Waals surface area contributed by atoms with Crippen LogP contribution in [0.5, 0.6) is 28.7 Å². The number of allylic oxidation sites excluding steroid dienone is 2. The van der Waals surface area contributed by atoms with E-state index < -0.39 is 12.2 Å². The molecule has 27 heavy (non-hydrogen) atoms. The zero-order valence-corrected chi connectivity index (χ0v) is 15.1. The molecule has 3 N–H and O–H groups in total. The van der Waals surface area contributed by atoms with Gasteiger partial charge >= 0.3 is 0 Å². The molecule has 3 rings (SSSR count). The number of phenolic OH excluding ortho intramolecular Hbond substituents is 3. The molecule has 0 saturated carbocycles. The Morgan fingerprint density at radius 2 is 1.78 bits per heavy atom. The molecule has 2 atom stereocenters. The quantitative estimate of drug-likeness (QED) is 0.537. The van der Waals surface area contributed by atoms with Crippen molar-refractivity contribution >= 4 is 0 Å². The molecule has 1 heterocycles. The Morgan fingerprint density at radius 1 is 1.00 bits per heavy atom. The summed E-state index contributed by atoms with van der Waals surface area (Å²) >= 11 is 0. The average Bonchev–Trinajstić information content (AvgIpc) is 2.66. The van der Waals surface area contributed by atoms with Gasteiger partial charge in [0, 0.05) is 29.7 Å². The summed E-state index contributed by atoms with van der Waals surface area (Å²) in [7, 11) is 0. The number of fused-ring (bicyclic) bond motifs is 1. The first-order valence-corrected chi connectivity index (χ1v) is 8.62. The van der Waals surface area contributed by atoms with Crippen molar-refractivity contribution in [3.63, 3.8) is 0 Å². The van der Waals surface area contributed by atoms with Gasteiger partial charge in [0.2, 0.25) is 0 Å². The van der Waals surface area contributed by atoms with Gasteiger partial charge in [-0.2, -0.15) is 0 Å². The van der Waals surface area contributed by atoms with E-state index in [9.17, 15) is 15.3 Å². The van der Waals surface area contributed by atoms with Crippen molar-refractivity contribution in [1.82, 2.24) is 0 Å². The van der Waals surface area contributed by atoms with Crippen molar-refractivity contribution in [3.05, 3.63) is 66.1 Å². The Labute approximate surface area is 157 Å². The number of benzene rings is 2. The lowest BCUT2D eigenvalue weighted by Gasteiger charge is -2.34. The van der Waals surface area contributed by atoms with Crippen molar-refractivity contribution in [2.45, 2.75) is 32.5 Å². The maximum atomic E-state index is 10.0. The number of ether oxygens (including phenoxy) is 3. The van der Waals surface area contributed by atoms with Crippen LogP contribution in [-0.2, 0) is 11.2 Å². The van der Waals surface area contributed by atoms with Gasteiger partial charge in [-0.05, 0) is 26.0 Å². The highest BCUT2D eigenvalue weighted by atomic mass is 16.5. The maximum Gasteiger partial charge on any atom is 0.161 e. The Kier molecular flexibility index (Phi) is 5.45. The highest BCUT2D eigenvalue weighted by Crippen LogP contribution is 2.44. The molecule has 1 aliphatic heterocycles. The fraction of sp³-hybridized carbons (Fsp3) is 0.238. The van der Waals surface area contributed by atoms with Crippen molar-refractivity contribution in [2.24, 2.45) is 0 Å². The first-order chi connectivity index (χ1) is 13.0. The number of phenols is 3.